The molecule has 2 heterocycles. The molecule has 1 aliphatic heterocycles. The fourth-order valence-electron chi connectivity index (χ4n) is 2.60. The highest BCUT2D eigenvalue weighted by molar-refractivity contribution is 7.85. The maximum atomic E-state index is 12.3. The van der Waals surface area contributed by atoms with Crippen LogP contribution in [-0.4, -0.2) is 27.3 Å². The number of benzene rings is 1. The molecule has 21 heavy (non-hydrogen) atoms. The predicted octanol–water partition coefficient (Wildman–Crippen LogP) is 2.28. The van der Waals surface area contributed by atoms with Gasteiger partial charge in [-0.25, -0.2) is 0 Å². The Morgan fingerprint density at radius 3 is 2.76 bits per heavy atom. The van der Waals surface area contributed by atoms with Crippen LogP contribution in [0.1, 0.15) is 16.9 Å². The maximum Gasteiger partial charge on any atom is 0.235 e. The number of carbonyl (C=O) groups excluding carboxylic acids is 1. The second kappa shape index (κ2) is 5.85. The molecule has 0 N–H and O–H groups in total. The number of nitrogens with zero attached hydrogens (tertiary/aromatic N) is 1. The highest BCUT2D eigenvalue weighted by Gasteiger charge is 2.23. The molecule has 1 aromatic heterocycles. The van der Waals surface area contributed by atoms with Gasteiger partial charge in [-0.05, 0) is 30.5 Å². The molecular formula is C16H17NO3S. The first-order valence-electron chi connectivity index (χ1n) is 6.92. The minimum absolute atomic E-state index is 0.0164. The Hall–Kier alpha value is -1.88. The van der Waals surface area contributed by atoms with Gasteiger partial charge in [0.25, 0.3) is 0 Å². The van der Waals surface area contributed by atoms with Gasteiger partial charge in [-0.15, -0.1) is 0 Å². The molecule has 0 fully saturated rings. The normalized spacial score (nSPS) is 15.6. The first kappa shape index (κ1) is 14.1. The molecule has 0 aliphatic carbocycles. The zero-order chi connectivity index (χ0) is 14.8. The van der Waals surface area contributed by atoms with Crippen LogP contribution in [0.25, 0.3) is 0 Å². The van der Waals surface area contributed by atoms with E-state index in [2.05, 4.69) is 6.07 Å². The molecule has 0 spiro atoms. The van der Waals surface area contributed by atoms with Crippen molar-refractivity contribution in [2.24, 2.45) is 0 Å². The SMILES string of the molecule is Cc1occc1[S@@](=O)CC(=O)N1CCc2ccccc2C1. The quantitative estimate of drug-likeness (QED) is 0.874. The minimum atomic E-state index is -1.34. The fourth-order valence-corrected chi connectivity index (χ4v) is 3.74. The number of fused-ring (bicyclic) bond motifs is 1. The summed E-state index contributed by atoms with van der Waals surface area (Å²) in [7, 11) is -1.34. The van der Waals surface area contributed by atoms with Gasteiger partial charge < -0.3 is 9.32 Å². The van der Waals surface area contributed by atoms with Crippen molar-refractivity contribution in [3.8, 4) is 0 Å². The number of hydrogen-bond donors (Lipinski definition) is 0. The Morgan fingerprint density at radius 2 is 2.05 bits per heavy atom. The molecule has 0 saturated carbocycles. The smallest absolute Gasteiger partial charge is 0.235 e. The van der Waals surface area contributed by atoms with Gasteiger partial charge in [-0.1, -0.05) is 24.3 Å². The van der Waals surface area contributed by atoms with Crippen molar-refractivity contribution in [2.75, 3.05) is 12.3 Å². The molecule has 4 nitrogen and oxygen atoms in total. The van der Waals surface area contributed by atoms with Gasteiger partial charge in [-0.2, -0.15) is 0 Å². The molecule has 1 amide bonds. The minimum Gasteiger partial charge on any atom is -0.468 e. The molecule has 110 valence electrons. The summed E-state index contributed by atoms with van der Waals surface area (Å²) in [5, 5.41) is 0. The van der Waals surface area contributed by atoms with Crippen LogP contribution in [0.4, 0.5) is 0 Å². The van der Waals surface area contributed by atoms with Crippen molar-refractivity contribution in [1.29, 1.82) is 0 Å². The first-order valence-corrected chi connectivity index (χ1v) is 8.24. The van der Waals surface area contributed by atoms with E-state index >= 15 is 0 Å². The number of rotatable bonds is 3. The Balaban J connectivity index is 1.67. The van der Waals surface area contributed by atoms with E-state index in [9.17, 15) is 9.00 Å². The Kier molecular flexibility index (Phi) is 3.92. The summed E-state index contributed by atoms with van der Waals surface area (Å²) in [5.74, 6) is 0.566. The summed E-state index contributed by atoms with van der Waals surface area (Å²) in [6.45, 7) is 3.06. The lowest BCUT2D eigenvalue weighted by Crippen LogP contribution is -2.38. The first-order chi connectivity index (χ1) is 10.1. The third kappa shape index (κ3) is 2.93. The third-order valence-corrected chi connectivity index (χ3v) is 5.22. The predicted molar refractivity (Wildman–Crippen MR) is 80.3 cm³/mol. The van der Waals surface area contributed by atoms with Crippen LogP contribution in [0, 0.1) is 6.92 Å². The molecule has 3 rings (SSSR count). The van der Waals surface area contributed by atoms with Gasteiger partial charge in [0.1, 0.15) is 11.5 Å². The van der Waals surface area contributed by atoms with Crippen molar-refractivity contribution in [3.05, 3.63) is 53.5 Å². The second-order valence-electron chi connectivity index (χ2n) is 5.16. The van der Waals surface area contributed by atoms with E-state index in [-0.39, 0.29) is 11.7 Å². The van der Waals surface area contributed by atoms with Crippen molar-refractivity contribution in [3.63, 3.8) is 0 Å². The Labute approximate surface area is 126 Å². The van der Waals surface area contributed by atoms with Gasteiger partial charge in [0, 0.05) is 13.1 Å². The highest BCUT2D eigenvalue weighted by atomic mass is 32.2. The van der Waals surface area contributed by atoms with Crippen molar-refractivity contribution >= 4 is 16.7 Å². The van der Waals surface area contributed by atoms with E-state index in [4.69, 9.17) is 4.42 Å². The lowest BCUT2D eigenvalue weighted by molar-refractivity contribution is -0.129. The number of amides is 1. The molecule has 0 saturated heterocycles. The number of hydrogen-bond acceptors (Lipinski definition) is 3. The lowest BCUT2D eigenvalue weighted by atomic mass is 10.00. The average molecular weight is 303 g/mol. The molecule has 1 aromatic carbocycles. The lowest BCUT2D eigenvalue weighted by Gasteiger charge is -2.28. The zero-order valence-corrected chi connectivity index (χ0v) is 12.7. The standard InChI is InChI=1S/C16H17NO3S/c1-12-15(7-9-20-12)21(19)11-16(18)17-8-6-13-4-2-3-5-14(13)10-17/h2-5,7,9H,6,8,10-11H2,1H3/t21-/m0/s1. The molecule has 0 unspecified atom stereocenters. The van der Waals surface area contributed by atoms with Gasteiger partial charge in [0.2, 0.25) is 5.91 Å². The van der Waals surface area contributed by atoms with Crippen LogP contribution in [0.3, 0.4) is 0 Å². The summed E-state index contributed by atoms with van der Waals surface area (Å²) >= 11 is 0. The van der Waals surface area contributed by atoms with E-state index in [1.807, 2.05) is 18.2 Å². The van der Waals surface area contributed by atoms with E-state index in [0.29, 0.717) is 23.7 Å². The molecule has 5 heteroatoms. The molecular weight excluding hydrogens is 286 g/mol. The molecule has 0 bridgehead atoms. The van der Waals surface area contributed by atoms with Crippen LogP contribution in [0.5, 0.6) is 0 Å². The molecule has 1 atom stereocenters. The monoisotopic (exact) mass is 303 g/mol. The Morgan fingerprint density at radius 1 is 1.29 bits per heavy atom. The van der Waals surface area contributed by atoms with Crippen molar-refractivity contribution in [1.82, 2.24) is 4.90 Å². The largest absolute Gasteiger partial charge is 0.468 e. The summed E-state index contributed by atoms with van der Waals surface area (Å²) in [4.78, 5) is 14.7. The summed E-state index contributed by atoms with van der Waals surface area (Å²) < 4.78 is 17.4. The topological polar surface area (TPSA) is 50.5 Å². The molecule has 0 radical (unpaired) electrons. The van der Waals surface area contributed by atoms with E-state index in [0.717, 1.165) is 6.42 Å². The third-order valence-electron chi connectivity index (χ3n) is 3.79. The average Bonchev–Trinajstić information content (AvgIpc) is 2.93. The Bertz CT molecular complexity index is 692. The van der Waals surface area contributed by atoms with Crippen LogP contribution >= 0.6 is 0 Å². The number of furan rings is 1. The second-order valence-corrected chi connectivity index (χ2v) is 6.58. The van der Waals surface area contributed by atoms with Gasteiger partial charge >= 0.3 is 0 Å². The molecule has 1 aliphatic rings. The zero-order valence-electron chi connectivity index (χ0n) is 11.9. The van der Waals surface area contributed by atoms with E-state index in [1.54, 1.807) is 17.9 Å². The van der Waals surface area contributed by atoms with Gasteiger partial charge in [-0.3, -0.25) is 9.00 Å². The summed E-state index contributed by atoms with van der Waals surface area (Å²) in [6.07, 6.45) is 2.36. The summed E-state index contributed by atoms with van der Waals surface area (Å²) in [6, 6.07) is 9.83. The fraction of sp³-hybridized carbons (Fsp3) is 0.312. The van der Waals surface area contributed by atoms with Crippen LogP contribution in [0.15, 0.2) is 45.9 Å². The van der Waals surface area contributed by atoms with Crippen LogP contribution in [0.2, 0.25) is 0 Å². The van der Waals surface area contributed by atoms with E-state index < -0.39 is 10.8 Å². The van der Waals surface area contributed by atoms with Crippen LogP contribution in [-0.2, 0) is 28.6 Å². The number of carbonyl (C=O) groups is 1. The van der Waals surface area contributed by atoms with Crippen LogP contribution < -0.4 is 0 Å². The van der Waals surface area contributed by atoms with Crippen molar-refractivity contribution < 1.29 is 13.4 Å². The van der Waals surface area contributed by atoms with E-state index in [1.165, 1.54) is 17.4 Å². The van der Waals surface area contributed by atoms with Gasteiger partial charge in [0.05, 0.1) is 22.0 Å². The molecule has 2 aromatic rings. The maximum absolute atomic E-state index is 12.3. The van der Waals surface area contributed by atoms with Gasteiger partial charge in [0.15, 0.2) is 0 Å². The highest BCUT2D eigenvalue weighted by Crippen LogP contribution is 2.20. The number of aryl methyl sites for hydroxylation is 1. The summed E-state index contributed by atoms with van der Waals surface area (Å²) in [5.41, 5.74) is 2.48. The van der Waals surface area contributed by atoms with Crippen molar-refractivity contribution in [2.45, 2.75) is 24.8 Å².